The number of aliphatic carboxylic acids is 2. The van der Waals surface area contributed by atoms with Crippen molar-refractivity contribution < 1.29 is 29.3 Å². The molecule has 0 aliphatic heterocycles. The van der Waals surface area contributed by atoms with E-state index >= 15 is 0 Å². The van der Waals surface area contributed by atoms with Gasteiger partial charge in [0, 0.05) is 5.41 Å². The highest BCUT2D eigenvalue weighted by Gasteiger charge is 2.38. The van der Waals surface area contributed by atoms with Gasteiger partial charge in [-0.1, -0.05) is 32.8 Å². The molecule has 0 N–H and O–H groups in total. The standard InChI is InChI=1S/C17H26O6/c1-3-4-10-17(16(21)22,12(2)15(19)20)11-14(18)23-13-8-6-5-7-9-13/h13H,2-11H2,1H3,(H,19,20)(H,21,22)/p-2. The smallest absolute Gasteiger partial charge is 0.307 e. The molecule has 0 bridgehead atoms. The van der Waals surface area contributed by atoms with Crippen LogP contribution in [0.1, 0.15) is 64.7 Å². The van der Waals surface area contributed by atoms with Gasteiger partial charge >= 0.3 is 5.97 Å². The Morgan fingerprint density at radius 1 is 1.17 bits per heavy atom. The Bertz CT molecular complexity index is 464. The Morgan fingerprint density at radius 2 is 1.78 bits per heavy atom. The summed E-state index contributed by atoms with van der Waals surface area (Å²) in [6.45, 7) is 5.15. The van der Waals surface area contributed by atoms with Crippen LogP contribution in [0.5, 0.6) is 0 Å². The molecule has 1 fully saturated rings. The number of ether oxygens (including phenoxy) is 1. The lowest BCUT2D eigenvalue weighted by Crippen LogP contribution is -2.49. The largest absolute Gasteiger partial charge is 0.549 e. The average Bonchev–Trinajstić information content (AvgIpc) is 2.51. The number of carboxylic acids is 2. The van der Waals surface area contributed by atoms with E-state index in [1.807, 2.05) is 6.92 Å². The van der Waals surface area contributed by atoms with Gasteiger partial charge < -0.3 is 24.5 Å². The molecule has 1 aliphatic rings. The lowest BCUT2D eigenvalue weighted by atomic mass is 9.73. The Morgan fingerprint density at radius 3 is 2.26 bits per heavy atom. The molecule has 0 aromatic carbocycles. The van der Waals surface area contributed by atoms with E-state index in [2.05, 4.69) is 6.58 Å². The van der Waals surface area contributed by atoms with Crippen LogP contribution in [0.3, 0.4) is 0 Å². The van der Waals surface area contributed by atoms with Crippen molar-refractivity contribution in [2.24, 2.45) is 5.41 Å². The third-order valence-corrected chi connectivity index (χ3v) is 4.47. The molecule has 0 aromatic heterocycles. The first kappa shape index (κ1) is 19.2. The van der Waals surface area contributed by atoms with Gasteiger partial charge in [-0.25, -0.2) is 0 Å². The van der Waals surface area contributed by atoms with E-state index in [4.69, 9.17) is 4.74 Å². The Hall–Kier alpha value is -1.85. The minimum absolute atomic E-state index is 0.0432. The molecule has 130 valence electrons. The molecule has 1 rings (SSSR count). The summed E-state index contributed by atoms with van der Waals surface area (Å²) in [7, 11) is 0. The molecule has 0 radical (unpaired) electrons. The summed E-state index contributed by atoms with van der Waals surface area (Å²) in [5.41, 5.74) is -2.60. The Balaban J connectivity index is 2.88. The van der Waals surface area contributed by atoms with E-state index in [0.29, 0.717) is 12.8 Å². The van der Waals surface area contributed by atoms with Gasteiger partial charge in [-0.2, -0.15) is 0 Å². The lowest BCUT2D eigenvalue weighted by molar-refractivity contribution is -0.322. The minimum atomic E-state index is -1.97. The topological polar surface area (TPSA) is 107 Å². The summed E-state index contributed by atoms with van der Waals surface area (Å²) in [6, 6.07) is 0. The summed E-state index contributed by atoms with van der Waals surface area (Å²) in [5, 5.41) is 22.8. The van der Waals surface area contributed by atoms with E-state index in [0.717, 1.165) is 32.1 Å². The highest BCUT2D eigenvalue weighted by Crippen LogP contribution is 2.36. The van der Waals surface area contributed by atoms with Crippen molar-refractivity contribution >= 4 is 17.9 Å². The number of hydrogen-bond donors (Lipinski definition) is 0. The van der Waals surface area contributed by atoms with Crippen LogP contribution in [-0.2, 0) is 19.1 Å². The lowest BCUT2D eigenvalue weighted by Gasteiger charge is -2.37. The van der Waals surface area contributed by atoms with Gasteiger partial charge in [0.1, 0.15) is 6.10 Å². The third kappa shape index (κ3) is 5.08. The number of carbonyl (C=O) groups excluding carboxylic acids is 3. The molecule has 0 heterocycles. The monoisotopic (exact) mass is 324 g/mol. The zero-order valence-corrected chi connectivity index (χ0v) is 13.6. The molecule has 0 amide bonds. The van der Waals surface area contributed by atoms with Crippen LogP contribution in [0.4, 0.5) is 0 Å². The Kier molecular flexibility index (Phi) is 7.26. The van der Waals surface area contributed by atoms with E-state index in [1.165, 1.54) is 0 Å². The maximum Gasteiger partial charge on any atom is 0.307 e. The van der Waals surface area contributed by atoms with Crippen LogP contribution in [0.25, 0.3) is 0 Å². The summed E-state index contributed by atoms with van der Waals surface area (Å²) in [5.74, 6) is -4.03. The predicted molar refractivity (Wildman–Crippen MR) is 78.7 cm³/mol. The number of unbranched alkanes of at least 4 members (excludes halogenated alkanes) is 1. The normalized spacial score (nSPS) is 18.0. The maximum atomic E-state index is 12.2. The van der Waals surface area contributed by atoms with Crippen molar-refractivity contribution in [2.75, 3.05) is 0 Å². The fourth-order valence-corrected chi connectivity index (χ4v) is 2.97. The van der Waals surface area contributed by atoms with Crippen LogP contribution >= 0.6 is 0 Å². The Labute approximate surface area is 136 Å². The average molecular weight is 324 g/mol. The van der Waals surface area contributed by atoms with Gasteiger partial charge in [-0.15, -0.1) is 0 Å². The first-order chi connectivity index (χ1) is 10.8. The van der Waals surface area contributed by atoms with Gasteiger partial charge in [0.15, 0.2) is 0 Å². The van der Waals surface area contributed by atoms with Crippen LogP contribution in [0, 0.1) is 5.41 Å². The number of esters is 1. The summed E-state index contributed by atoms with van der Waals surface area (Å²) < 4.78 is 5.32. The SMILES string of the molecule is C=C(C(=O)[O-])C(CCCC)(CC(=O)OC1CCCCC1)C(=O)[O-]. The zero-order chi connectivity index (χ0) is 17.5. The van der Waals surface area contributed by atoms with Gasteiger partial charge in [-0.3, -0.25) is 4.79 Å². The fourth-order valence-electron chi connectivity index (χ4n) is 2.97. The minimum Gasteiger partial charge on any atom is -0.549 e. The second-order valence-corrected chi connectivity index (χ2v) is 6.17. The molecular formula is C17H24O6-2. The highest BCUT2D eigenvalue weighted by molar-refractivity contribution is 5.96. The maximum absolute atomic E-state index is 12.2. The van der Waals surface area contributed by atoms with Crippen molar-refractivity contribution in [2.45, 2.75) is 70.8 Å². The molecule has 1 atom stereocenters. The molecule has 6 nitrogen and oxygen atoms in total. The van der Waals surface area contributed by atoms with Gasteiger partial charge in [0.25, 0.3) is 0 Å². The van der Waals surface area contributed by atoms with Crippen molar-refractivity contribution in [3.05, 3.63) is 12.2 Å². The number of hydrogen-bond acceptors (Lipinski definition) is 6. The summed E-state index contributed by atoms with van der Waals surface area (Å²) in [6.07, 6.45) is 4.74. The second-order valence-electron chi connectivity index (χ2n) is 6.17. The van der Waals surface area contributed by atoms with Crippen LogP contribution in [-0.4, -0.2) is 24.0 Å². The van der Waals surface area contributed by atoms with Gasteiger partial charge in [0.2, 0.25) is 0 Å². The van der Waals surface area contributed by atoms with Crippen LogP contribution in [0.2, 0.25) is 0 Å². The molecule has 6 heteroatoms. The second kappa shape index (κ2) is 8.70. The van der Waals surface area contributed by atoms with E-state index in [-0.39, 0.29) is 12.5 Å². The molecule has 0 spiro atoms. The summed E-state index contributed by atoms with van der Waals surface area (Å²) in [4.78, 5) is 34.9. The molecule has 0 saturated heterocycles. The molecular weight excluding hydrogens is 300 g/mol. The van der Waals surface area contributed by atoms with E-state index in [9.17, 15) is 24.6 Å². The molecule has 0 aromatic rings. The fraction of sp³-hybridized carbons (Fsp3) is 0.706. The quantitative estimate of drug-likeness (QED) is 0.451. The first-order valence-corrected chi connectivity index (χ1v) is 8.15. The molecule has 1 saturated carbocycles. The van der Waals surface area contributed by atoms with E-state index < -0.39 is 35.3 Å². The van der Waals surface area contributed by atoms with Gasteiger partial charge in [-0.05, 0) is 37.7 Å². The first-order valence-electron chi connectivity index (χ1n) is 8.15. The zero-order valence-electron chi connectivity index (χ0n) is 13.6. The predicted octanol–water partition coefficient (Wildman–Crippen LogP) is 0.485. The number of carboxylic acid groups (broad SMARTS) is 2. The third-order valence-electron chi connectivity index (χ3n) is 4.47. The molecule has 1 aliphatic carbocycles. The van der Waals surface area contributed by atoms with Crippen molar-refractivity contribution in [1.82, 2.24) is 0 Å². The van der Waals surface area contributed by atoms with Crippen LogP contribution < -0.4 is 10.2 Å². The number of rotatable bonds is 9. The van der Waals surface area contributed by atoms with Crippen LogP contribution in [0.15, 0.2) is 12.2 Å². The molecule has 1 unspecified atom stereocenters. The number of carbonyl (C=O) groups is 3. The van der Waals surface area contributed by atoms with Gasteiger partial charge in [0.05, 0.1) is 18.4 Å². The van der Waals surface area contributed by atoms with Crippen molar-refractivity contribution in [3.8, 4) is 0 Å². The van der Waals surface area contributed by atoms with Crippen molar-refractivity contribution in [3.63, 3.8) is 0 Å². The highest BCUT2D eigenvalue weighted by atomic mass is 16.5. The molecule has 23 heavy (non-hydrogen) atoms. The summed E-state index contributed by atoms with van der Waals surface area (Å²) >= 11 is 0. The van der Waals surface area contributed by atoms with E-state index in [1.54, 1.807) is 0 Å². The van der Waals surface area contributed by atoms with Crippen molar-refractivity contribution in [1.29, 1.82) is 0 Å².